The molecule has 1 N–H and O–H groups in total. The summed E-state index contributed by atoms with van der Waals surface area (Å²) in [7, 11) is 0. The van der Waals surface area contributed by atoms with Crippen molar-refractivity contribution in [3.63, 3.8) is 0 Å². The minimum absolute atomic E-state index is 0.538. The molecule has 0 aliphatic carbocycles. The number of nitrogens with zero attached hydrogens (tertiary/aromatic N) is 2. The largest absolute Gasteiger partial charge is 0.472 e. The summed E-state index contributed by atoms with van der Waals surface area (Å²) in [5.41, 5.74) is 1.30. The average Bonchev–Trinajstić information content (AvgIpc) is 2.92. The predicted molar refractivity (Wildman–Crippen MR) is 71.7 cm³/mol. The van der Waals surface area contributed by atoms with Gasteiger partial charge in [-0.2, -0.15) is 0 Å². The number of piperazine rings is 3. The van der Waals surface area contributed by atoms with E-state index in [0.717, 1.165) is 13.0 Å². The lowest BCUT2D eigenvalue weighted by atomic mass is 9.95. The van der Waals surface area contributed by atoms with E-state index in [0.29, 0.717) is 12.1 Å². The van der Waals surface area contributed by atoms with Gasteiger partial charge in [0, 0.05) is 44.8 Å². The van der Waals surface area contributed by atoms with E-state index in [1.165, 1.54) is 38.3 Å². The van der Waals surface area contributed by atoms with Gasteiger partial charge in [-0.15, -0.1) is 0 Å². The lowest BCUT2D eigenvalue weighted by Crippen LogP contribution is -2.66. The zero-order valence-corrected chi connectivity index (χ0v) is 11.1. The molecule has 0 amide bonds. The molecule has 3 saturated heterocycles. The quantitative estimate of drug-likeness (QED) is 0.836. The van der Waals surface area contributed by atoms with Crippen LogP contribution in [0.15, 0.2) is 23.0 Å². The third-order valence-electron chi connectivity index (χ3n) is 4.29. The van der Waals surface area contributed by atoms with E-state index in [4.69, 9.17) is 4.42 Å². The third kappa shape index (κ3) is 2.46. The van der Waals surface area contributed by atoms with Crippen LogP contribution in [-0.2, 0) is 6.42 Å². The molecule has 4 heteroatoms. The van der Waals surface area contributed by atoms with Gasteiger partial charge in [-0.25, -0.2) is 0 Å². The van der Waals surface area contributed by atoms with Crippen LogP contribution in [0.5, 0.6) is 0 Å². The van der Waals surface area contributed by atoms with E-state index in [9.17, 15) is 0 Å². The Kier molecular flexibility index (Phi) is 3.68. The lowest BCUT2D eigenvalue weighted by Gasteiger charge is -2.50. The fraction of sp³-hybridized carbons (Fsp3) is 0.714. The Morgan fingerprint density at radius 1 is 1.39 bits per heavy atom. The first-order valence-corrected chi connectivity index (χ1v) is 7.07. The number of fused-ring (bicyclic) bond motifs is 3. The highest BCUT2D eigenvalue weighted by Gasteiger charge is 2.36. The minimum Gasteiger partial charge on any atom is -0.472 e. The highest BCUT2D eigenvalue weighted by Crippen LogP contribution is 2.20. The fourth-order valence-corrected chi connectivity index (χ4v) is 3.31. The second-order valence-electron chi connectivity index (χ2n) is 5.40. The van der Waals surface area contributed by atoms with Gasteiger partial charge in [0.1, 0.15) is 0 Å². The summed E-state index contributed by atoms with van der Waals surface area (Å²) in [4.78, 5) is 5.26. The van der Waals surface area contributed by atoms with Gasteiger partial charge in [-0.05, 0) is 24.6 Å². The van der Waals surface area contributed by atoms with Gasteiger partial charge in [-0.3, -0.25) is 9.80 Å². The van der Waals surface area contributed by atoms with Crippen molar-refractivity contribution in [3.05, 3.63) is 24.2 Å². The van der Waals surface area contributed by atoms with Crippen LogP contribution in [0.1, 0.15) is 12.5 Å². The number of furan rings is 1. The molecule has 0 saturated carbocycles. The molecule has 4 nitrogen and oxygen atoms in total. The Bertz CT molecular complexity index is 357. The summed E-state index contributed by atoms with van der Waals surface area (Å²) >= 11 is 0. The SMILES string of the molecule is CCNC(Cc1ccoc1)C1CN2CCN1CC2. The Balaban J connectivity index is 1.69. The van der Waals surface area contributed by atoms with Crippen molar-refractivity contribution in [2.45, 2.75) is 25.4 Å². The molecule has 3 aliphatic rings. The smallest absolute Gasteiger partial charge is 0.0935 e. The van der Waals surface area contributed by atoms with Crippen LogP contribution in [0.25, 0.3) is 0 Å². The van der Waals surface area contributed by atoms with Gasteiger partial charge in [0.05, 0.1) is 12.5 Å². The first-order valence-electron chi connectivity index (χ1n) is 7.07. The number of nitrogens with one attached hydrogen (secondary N) is 1. The molecular weight excluding hydrogens is 226 g/mol. The standard InChI is InChI=1S/C14H23N3O/c1-2-15-13(9-12-3-8-18-11-12)14-10-16-4-6-17(14)7-5-16/h3,8,11,13-15H,2,4-7,9-10H2,1H3. The first-order chi connectivity index (χ1) is 8.86. The summed E-state index contributed by atoms with van der Waals surface area (Å²) in [6, 6.07) is 3.28. The van der Waals surface area contributed by atoms with Crippen LogP contribution in [0.4, 0.5) is 0 Å². The molecular formula is C14H23N3O. The molecule has 1 aromatic heterocycles. The molecule has 0 radical (unpaired) electrons. The molecule has 1 aromatic rings. The van der Waals surface area contributed by atoms with Crippen molar-refractivity contribution < 1.29 is 4.42 Å². The summed E-state index contributed by atoms with van der Waals surface area (Å²) in [5.74, 6) is 0. The topological polar surface area (TPSA) is 31.7 Å². The molecule has 3 fully saturated rings. The lowest BCUT2D eigenvalue weighted by molar-refractivity contribution is -0.00290. The molecule has 100 valence electrons. The second kappa shape index (κ2) is 5.43. The zero-order valence-electron chi connectivity index (χ0n) is 11.1. The monoisotopic (exact) mass is 249 g/mol. The van der Waals surface area contributed by atoms with E-state index in [1.807, 2.05) is 6.26 Å². The summed E-state index contributed by atoms with van der Waals surface area (Å²) < 4.78 is 5.19. The summed E-state index contributed by atoms with van der Waals surface area (Å²) in [6.45, 7) is 9.42. The van der Waals surface area contributed by atoms with Crippen molar-refractivity contribution in [1.82, 2.24) is 15.1 Å². The molecule has 2 bridgehead atoms. The van der Waals surface area contributed by atoms with Crippen molar-refractivity contribution in [1.29, 1.82) is 0 Å². The van der Waals surface area contributed by atoms with Crippen LogP contribution in [-0.4, -0.2) is 61.2 Å². The zero-order chi connectivity index (χ0) is 12.4. The Morgan fingerprint density at radius 2 is 2.22 bits per heavy atom. The predicted octanol–water partition coefficient (Wildman–Crippen LogP) is 0.800. The number of hydrogen-bond acceptors (Lipinski definition) is 4. The van der Waals surface area contributed by atoms with Crippen LogP contribution in [0.3, 0.4) is 0 Å². The molecule has 18 heavy (non-hydrogen) atoms. The first kappa shape index (κ1) is 12.2. The van der Waals surface area contributed by atoms with Gasteiger partial charge in [0.2, 0.25) is 0 Å². The Hall–Kier alpha value is -0.840. The van der Waals surface area contributed by atoms with Gasteiger partial charge in [-0.1, -0.05) is 6.92 Å². The second-order valence-corrected chi connectivity index (χ2v) is 5.40. The van der Waals surface area contributed by atoms with Crippen molar-refractivity contribution in [3.8, 4) is 0 Å². The number of rotatable bonds is 5. The Morgan fingerprint density at radius 3 is 2.78 bits per heavy atom. The van der Waals surface area contributed by atoms with Crippen LogP contribution in [0.2, 0.25) is 0 Å². The molecule has 2 atom stereocenters. The molecule has 2 unspecified atom stereocenters. The maximum atomic E-state index is 5.19. The normalized spacial score (nSPS) is 32.6. The van der Waals surface area contributed by atoms with Gasteiger partial charge < -0.3 is 9.73 Å². The maximum Gasteiger partial charge on any atom is 0.0935 e. The third-order valence-corrected chi connectivity index (χ3v) is 4.29. The van der Waals surface area contributed by atoms with Crippen LogP contribution in [0, 0.1) is 0 Å². The molecule has 0 spiro atoms. The molecule has 4 heterocycles. The van der Waals surface area contributed by atoms with Crippen molar-refractivity contribution in [2.24, 2.45) is 0 Å². The van der Waals surface area contributed by atoms with Crippen molar-refractivity contribution in [2.75, 3.05) is 39.3 Å². The molecule has 0 aromatic carbocycles. The minimum atomic E-state index is 0.538. The van der Waals surface area contributed by atoms with Gasteiger partial charge in [0.15, 0.2) is 0 Å². The molecule has 3 aliphatic heterocycles. The molecule has 4 rings (SSSR count). The highest BCUT2D eigenvalue weighted by molar-refractivity contribution is 5.10. The van der Waals surface area contributed by atoms with E-state index in [2.05, 4.69) is 28.1 Å². The van der Waals surface area contributed by atoms with E-state index < -0.39 is 0 Å². The van der Waals surface area contributed by atoms with Gasteiger partial charge >= 0.3 is 0 Å². The van der Waals surface area contributed by atoms with E-state index >= 15 is 0 Å². The number of hydrogen-bond donors (Lipinski definition) is 1. The summed E-state index contributed by atoms with van der Waals surface area (Å²) in [5, 5.41) is 3.67. The number of likely N-dealkylation sites (N-methyl/N-ethyl adjacent to an activating group) is 1. The van der Waals surface area contributed by atoms with E-state index in [-0.39, 0.29) is 0 Å². The average molecular weight is 249 g/mol. The maximum absolute atomic E-state index is 5.19. The Labute approximate surface area is 109 Å². The van der Waals surface area contributed by atoms with Gasteiger partial charge in [0.25, 0.3) is 0 Å². The van der Waals surface area contributed by atoms with Crippen LogP contribution >= 0.6 is 0 Å². The fourth-order valence-electron chi connectivity index (χ4n) is 3.31. The van der Waals surface area contributed by atoms with Crippen LogP contribution < -0.4 is 5.32 Å². The van der Waals surface area contributed by atoms with Crippen molar-refractivity contribution >= 4 is 0 Å². The highest BCUT2D eigenvalue weighted by atomic mass is 16.3. The van der Waals surface area contributed by atoms with E-state index in [1.54, 1.807) is 6.26 Å². The summed E-state index contributed by atoms with van der Waals surface area (Å²) in [6.07, 6.45) is 4.72.